The second-order valence-electron chi connectivity index (χ2n) is 5.88. The van der Waals surface area contributed by atoms with Gasteiger partial charge in [0.25, 0.3) is 0 Å². The van der Waals surface area contributed by atoms with E-state index >= 15 is 0 Å². The van der Waals surface area contributed by atoms with Gasteiger partial charge < -0.3 is 4.74 Å². The van der Waals surface area contributed by atoms with E-state index in [4.69, 9.17) is 16.3 Å². The van der Waals surface area contributed by atoms with E-state index in [2.05, 4.69) is 10.5 Å². The standard InChI is InChI=1S/C19H21ClN2O2/c1-14(2)10-19(23)22-21-12-15-6-8-18(9-7-15)24-13-16-4-3-5-17(20)11-16/h3-9,11-12,14H,10,13H2,1-2H3,(H,22,23). The highest BCUT2D eigenvalue weighted by atomic mass is 35.5. The highest BCUT2D eigenvalue weighted by Gasteiger charge is 2.02. The third kappa shape index (κ3) is 6.42. The lowest BCUT2D eigenvalue weighted by molar-refractivity contribution is -0.121. The third-order valence-electron chi connectivity index (χ3n) is 3.17. The normalized spacial score (nSPS) is 11.0. The quantitative estimate of drug-likeness (QED) is 0.597. The lowest BCUT2D eigenvalue weighted by Gasteiger charge is -2.07. The van der Waals surface area contributed by atoms with E-state index in [1.165, 1.54) is 0 Å². The number of nitrogens with one attached hydrogen (secondary N) is 1. The molecule has 0 saturated heterocycles. The summed E-state index contributed by atoms with van der Waals surface area (Å²) in [5, 5.41) is 4.64. The molecule has 0 heterocycles. The SMILES string of the molecule is CC(C)CC(=O)NN=Cc1ccc(OCc2cccc(Cl)c2)cc1. The predicted octanol–water partition coefficient (Wildman–Crippen LogP) is 4.42. The molecule has 2 rings (SSSR count). The maximum Gasteiger partial charge on any atom is 0.240 e. The van der Waals surface area contributed by atoms with E-state index in [1.54, 1.807) is 6.21 Å². The number of ether oxygens (including phenoxy) is 1. The van der Waals surface area contributed by atoms with Gasteiger partial charge in [-0.1, -0.05) is 37.6 Å². The number of carbonyl (C=O) groups excluding carboxylic acids is 1. The van der Waals surface area contributed by atoms with Crippen molar-refractivity contribution in [2.24, 2.45) is 11.0 Å². The Morgan fingerprint density at radius 1 is 1.25 bits per heavy atom. The molecule has 0 radical (unpaired) electrons. The zero-order valence-corrected chi connectivity index (χ0v) is 14.6. The fourth-order valence-electron chi connectivity index (χ4n) is 2.04. The van der Waals surface area contributed by atoms with Crippen molar-refractivity contribution >= 4 is 23.7 Å². The minimum absolute atomic E-state index is 0.0808. The van der Waals surface area contributed by atoms with E-state index in [-0.39, 0.29) is 5.91 Å². The fraction of sp³-hybridized carbons (Fsp3) is 0.263. The summed E-state index contributed by atoms with van der Waals surface area (Å²) in [7, 11) is 0. The van der Waals surface area contributed by atoms with Crippen LogP contribution in [0.3, 0.4) is 0 Å². The van der Waals surface area contributed by atoms with E-state index in [9.17, 15) is 4.79 Å². The van der Waals surface area contributed by atoms with E-state index in [0.29, 0.717) is 24.0 Å². The number of amides is 1. The molecule has 24 heavy (non-hydrogen) atoms. The topological polar surface area (TPSA) is 50.7 Å². The van der Waals surface area contributed by atoms with Gasteiger partial charge in [-0.3, -0.25) is 4.79 Å². The molecule has 0 aromatic heterocycles. The fourth-order valence-corrected chi connectivity index (χ4v) is 2.25. The first kappa shape index (κ1) is 18.0. The molecule has 0 unspecified atom stereocenters. The second-order valence-corrected chi connectivity index (χ2v) is 6.32. The first-order chi connectivity index (χ1) is 11.5. The van der Waals surface area contributed by atoms with E-state index < -0.39 is 0 Å². The molecular weight excluding hydrogens is 324 g/mol. The number of hydrogen-bond acceptors (Lipinski definition) is 3. The van der Waals surface area contributed by atoms with Gasteiger partial charge in [-0.15, -0.1) is 0 Å². The molecule has 0 aliphatic rings. The van der Waals surface area contributed by atoms with Crippen LogP contribution in [-0.4, -0.2) is 12.1 Å². The molecule has 1 amide bonds. The Balaban J connectivity index is 1.83. The number of halogens is 1. The maximum atomic E-state index is 11.5. The van der Waals surface area contributed by atoms with Crippen LogP contribution in [0, 0.1) is 5.92 Å². The zero-order valence-electron chi connectivity index (χ0n) is 13.8. The summed E-state index contributed by atoms with van der Waals surface area (Å²) in [6, 6.07) is 15.1. The van der Waals surface area contributed by atoms with Crippen molar-refractivity contribution < 1.29 is 9.53 Å². The van der Waals surface area contributed by atoms with Crippen LogP contribution < -0.4 is 10.2 Å². The summed E-state index contributed by atoms with van der Waals surface area (Å²) >= 11 is 5.95. The molecule has 0 aliphatic heterocycles. The molecule has 1 N–H and O–H groups in total. The number of benzene rings is 2. The lowest BCUT2D eigenvalue weighted by atomic mass is 10.1. The molecule has 5 heteroatoms. The Hall–Kier alpha value is -2.33. The molecule has 0 bridgehead atoms. The summed E-state index contributed by atoms with van der Waals surface area (Å²) < 4.78 is 5.72. The van der Waals surface area contributed by atoms with Crippen molar-refractivity contribution in [2.45, 2.75) is 26.9 Å². The number of nitrogens with zero attached hydrogens (tertiary/aromatic N) is 1. The first-order valence-electron chi connectivity index (χ1n) is 7.82. The third-order valence-corrected chi connectivity index (χ3v) is 3.41. The molecule has 2 aromatic carbocycles. The summed E-state index contributed by atoms with van der Waals surface area (Å²) in [4.78, 5) is 11.5. The van der Waals surface area contributed by atoms with Gasteiger partial charge in [0.05, 0.1) is 6.21 Å². The van der Waals surface area contributed by atoms with Gasteiger partial charge in [-0.05, 0) is 53.4 Å². The van der Waals surface area contributed by atoms with Crippen LogP contribution in [-0.2, 0) is 11.4 Å². The molecule has 0 atom stereocenters. The van der Waals surface area contributed by atoms with Crippen LogP contribution in [0.25, 0.3) is 0 Å². The Morgan fingerprint density at radius 2 is 2.00 bits per heavy atom. The van der Waals surface area contributed by atoms with Crippen LogP contribution in [0.5, 0.6) is 5.75 Å². The predicted molar refractivity (Wildman–Crippen MR) is 97.4 cm³/mol. The lowest BCUT2D eigenvalue weighted by Crippen LogP contribution is -2.19. The van der Waals surface area contributed by atoms with Crippen LogP contribution >= 0.6 is 11.6 Å². The maximum absolute atomic E-state index is 11.5. The monoisotopic (exact) mass is 344 g/mol. The Kier molecular flexibility index (Phi) is 6.82. The van der Waals surface area contributed by atoms with Crippen molar-refractivity contribution in [1.29, 1.82) is 0 Å². The molecule has 4 nitrogen and oxygen atoms in total. The first-order valence-corrected chi connectivity index (χ1v) is 8.20. The van der Waals surface area contributed by atoms with Crippen molar-refractivity contribution in [2.75, 3.05) is 0 Å². The van der Waals surface area contributed by atoms with E-state index in [0.717, 1.165) is 16.9 Å². The summed E-state index contributed by atoms with van der Waals surface area (Å²) in [6.07, 6.45) is 2.08. The smallest absolute Gasteiger partial charge is 0.240 e. The van der Waals surface area contributed by atoms with Gasteiger partial charge in [0, 0.05) is 11.4 Å². The minimum atomic E-state index is -0.0808. The van der Waals surface area contributed by atoms with Crippen molar-refractivity contribution in [3.63, 3.8) is 0 Å². The highest BCUT2D eigenvalue weighted by Crippen LogP contribution is 2.15. The number of hydrogen-bond donors (Lipinski definition) is 1. The van der Waals surface area contributed by atoms with Gasteiger partial charge in [-0.2, -0.15) is 5.10 Å². The van der Waals surface area contributed by atoms with Crippen LogP contribution in [0.4, 0.5) is 0 Å². The molecule has 0 fully saturated rings. The summed E-state index contributed by atoms with van der Waals surface area (Å²) in [5.74, 6) is 0.995. The van der Waals surface area contributed by atoms with Crippen molar-refractivity contribution in [3.8, 4) is 5.75 Å². The summed E-state index contributed by atoms with van der Waals surface area (Å²) in [6.45, 7) is 4.44. The van der Waals surface area contributed by atoms with Crippen LogP contribution in [0.1, 0.15) is 31.4 Å². The zero-order chi connectivity index (χ0) is 17.4. The van der Waals surface area contributed by atoms with Gasteiger partial charge >= 0.3 is 0 Å². The average molecular weight is 345 g/mol. The molecule has 0 aliphatic carbocycles. The molecule has 126 valence electrons. The largest absolute Gasteiger partial charge is 0.489 e. The van der Waals surface area contributed by atoms with Crippen molar-refractivity contribution in [1.82, 2.24) is 5.43 Å². The van der Waals surface area contributed by atoms with E-state index in [1.807, 2.05) is 62.4 Å². The molecular formula is C19H21ClN2O2. The van der Waals surface area contributed by atoms with Gasteiger partial charge in [0.15, 0.2) is 0 Å². The number of carbonyl (C=O) groups is 1. The molecule has 0 spiro atoms. The van der Waals surface area contributed by atoms with Gasteiger partial charge in [0.2, 0.25) is 5.91 Å². The van der Waals surface area contributed by atoms with Crippen LogP contribution in [0.15, 0.2) is 53.6 Å². The Morgan fingerprint density at radius 3 is 2.67 bits per heavy atom. The summed E-state index contributed by atoms with van der Waals surface area (Å²) in [5.41, 5.74) is 4.41. The average Bonchev–Trinajstić information content (AvgIpc) is 2.53. The molecule has 2 aromatic rings. The number of rotatable bonds is 7. The van der Waals surface area contributed by atoms with Crippen molar-refractivity contribution in [3.05, 3.63) is 64.7 Å². The second kappa shape index (κ2) is 9.08. The highest BCUT2D eigenvalue weighted by molar-refractivity contribution is 6.30. The Labute approximate surface area is 147 Å². The minimum Gasteiger partial charge on any atom is -0.489 e. The molecule has 0 saturated carbocycles. The van der Waals surface area contributed by atoms with Gasteiger partial charge in [-0.25, -0.2) is 5.43 Å². The van der Waals surface area contributed by atoms with Gasteiger partial charge in [0.1, 0.15) is 12.4 Å². The Bertz CT molecular complexity index is 697. The van der Waals surface area contributed by atoms with Crippen LogP contribution in [0.2, 0.25) is 5.02 Å². The number of hydrazone groups is 1.